The third-order valence-electron chi connectivity index (χ3n) is 5.11. The third kappa shape index (κ3) is 4.29. The Kier molecular flexibility index (Phi) is 6.09. The van der Waals surface area contributed by atoms with E-state index in [0.29, 0.717) is 13.2 Å². The highest BCUT2D eigenvalue weighted by molar-refractivity contribution is 5.78. The Bertz CT molecular complexity index is 902. The summed E-state index contributed by atoms with van der Waals surface area (Å²) in [6, 6.07) is 16.5. The van der Waals surface area contributed by atoms with Gasteiger partial charge in [-0.2, -0.15) is 0 Å². The lowest BCUT2D eigenvalue weighted by Crippen LogP contribution is -2.38. The van der Waals surface area contributed by atoms with E-state index in [1.54, 1.807) is 0 Å². The van der Waals surface area contributed by atoms with Crippen LogP contribution < -0.4 is 10.1 Å². The van der Waals surface area contributed by atoms with Crippen LogP contribution in [0.1, 0.15) is 12.5 Å². The van der Waals surface area contributed by atoms with Gasteiger partial charge in [-0.15, -0.1) is 0 Å². The molecule has 6 heteroatoms. The maximum Gasteiger partial charge on any atom is 0.204 e. The fourth-order valence-electron chi connectivity index (χ4n) is 3.62. The highest BCUT2D eigenvalue weighted by atomic mass is 16.5. The van der Waals surface area contributed by atoms with Crippen molar-refractivity contribution < 1.29 is 9.47 Å². The average molecular weight is 380 g/mol. The Balaban J connectivity index is 1.53. The highest BCUT2D eigenvalue weighted by Crippen LogP contribution is 2.23. The lowest BCUT2D eigenvalue weighted by molar-refractivity contribution is 0.0366. The Hall–Kier alpha value is -2.57. The van der Waals surface area contributed by atoms with Gasteiger partial charge in [0.15, 0.2) is 0 Å². The van der Waals surface area contributed by atoms with E-state index in [9.17, 15) is 0 Å². The van der Waals surface area contributed by atoms with Crippen LogP contribution in [0.5, 0.6) is 5.75 Å². The molecule has 3 aromatic rings. The summed E-state index contributed by atoms with van der Waals surface area (Å²) in [5, 5.41) is 3.53. The number of anilines is 1. The molecule has 0 saturated carbocycles. The van der Waals surface area contributed by atoms with Crippen molar-refractivity contribution >= 4 is 17.0 Å². The molecule has 1 aliphatic heterocycles. The monoisotopic (exact) mass is 380 g/mol. The Morgan fingerprint density at radius 1 is 1.04 bits per heavy atom. The minimum atomic E-state index is 0.662. The van der Waals surface area contributed by atoms with Gasteiger partial charge < -0.3 is 19.4 Å². The summed E-state index contributed by atoms with van der Waals surface area (Å²) in [5.74, 6) is 1.83. The molecular formula is C22H28N4O2. The van der Waals surface area contributed by atoms with Crippen molar-refractivity contribution in [2.24, 2.45) is 0 Å². The van der Waals surface area contributed by atoms with Gasteiger partial charge in [-0.3, -0.25) is 4.90 Å². The quantitative estimate of drug-likeness (QED) is 0.649. The molecule has 1 aromatic heterocycles. The average Bonchev–Trinajstić information content (AvgIpc) is 3.10. The molecule has 1 saturated heterocycles. The highest BCUT2D eigenvalue weighted by Gasteiger charge is 2.14. The van der Waals surface area contributed by atoms with Crippen molar-refractivity contribution in [3.63, 3.8) is 0 Å². The van der Waals surface area contributed by atoms with Crippen molar-refractivity contribution in [3.8, 4) is 5.75 Å². The molecule has 28 heavy (non-hydrogen) atoms. The Morgan fingerprint density at radius 3 is 2.68 bits per heavy atom. The van der Waals surface area contributed by atoms with Gasteiger partial charge in [0.1, 0.15) is 5.75 Å². The predicted molar refractivity (Wildman–Crippen MR) is 112 cm³/mol. The van der Waals surface area contributed by atoms with E-state index >= 15 is 0 Å². The number of nitrogens with one attached hydrogen (secondary N) is 1. The van der Waals surface area contributed by atoms with Crippen LogP contribution in [0.2, 0.25) is 0 Å². The summed E-state index contributed by atoms with van der Waals surface area (Å²) >= 11 is 0. The van der Waals surface area contributed by atoms with Gasteiger partial charge in [0, 0.05) is 38.3 Å². The largest absolute Gasteiger partial charge is 0.494 e. The number of aromatic nitrogens is 2. The summed E-state index contributed by atoms with van der Waals surface area (Å²) in [6.07, 6.45) is 0. The number of morpholine rings is 1. The number of benzene rings is 2. The van der Waals surface area contributed by atoms with E-state index in [2.05, 4.69) is 39.0 Å². The van der Waals surface area contributed by atoms with Crippen molar-refractivity contribution in [2.45, 2.75) is 20.0 Å². The van der Waals surface area contributed by atoms with Crippen molar-refractivity contribution in [2.75, 3.05) is 44.8 Å². The first-order chi connectivity index (χ1) is 13.8. The predicted octanol–water partition coefficient (Wildman–Crippen LogP) is 3.38. The second-order valence-electron chi connectivity index (χ2n) is 6.92. The van der Waals surface area contributed by atoms with Crippen LogP contribution in [-0.4, -0.2) is 53.9 Å². The fraction of sp³-hybridized carbons (Fsp3) is 0.409. The smallest absolute Gasteiger partial charge is 0.204 e. The molecule has 148 valence electrons. The van der Waals surface area contributed by atoms with Crippen molar-refractivity contribution in [3.05, 3.63) is 54.1 Å². The van der Waals surface area contributed by atoms with Crippen LogP contribution in [0.4, 0.5) is 5.95 Å². The normalized spacial score (nSPS) is 15.0. The molecule has 1 N–H and O–H groups in total. The zero-order chi connectivity index (χ0) is 19.2. The van der Waals surface area contributed by atoms with Gasteiger partial charge in [0.25, 0.3) is 0 Å². The van der Waals surface area contributed by atoms with Gasteiger partial charge >= 0.3 is 0 Å². The molecule has 6 nitrogen and oxygen atoms in total. The number of para-hydroxylation sites is 3. The summed E-state index contributed by atoms with van der Waals surface area (Å²) in [7, 11) is 0. The topological polar surface area (TPSA) is 51.5 Å². The third-order valence-corrected chi connectivity index (χ3v) is 5.11. The first kappa shape index (κ1) is 18.8. The van der Waals surface area contributed by atoms with Crippen LogP contribution in [0.25, 0.3) is 11.0 Å². The second kappa shape index (κ2) is 9.08. The molecule has 0 unspecified atom stereocenters. The van der Waals surface area contributed by atoms with Gasteiger partial charge in [-0.05, 0) is 25.1 Å². The first-order valence-corrected chi connectivity index (χ1v) is 10.0. The number of nitrogens with zero attached hydrogens (tertiary/aromatic N) is 3. The number of imidazole rings is 1. The molecule has 1 fully saturated rings. The molecule has 2 aromatic carbocycles. The zero-order valence-electron chi connectivity index (χ0n) is 16.4. The van der Waals surface area contributed by atoms with Gasteiger partial charge in [-0.1, -0.05) is 30.3 Å². The summed E-state index contributed by atoms with van der Waals surface area (Å²) in [4.78, 5) is 7.29. The van der Waals surface area contributed by atoms with E-state index in [-0.39, 0.29) is 0 Å². The molecule has 0 amide bonds. The molecule has 0 spiro atoms. The van der Waals surface area contributed by atoms with Crippen LogP contribution >= 0.6 is 0 Å². The van der Waals surface area contributed by atoms with Crippen molar-refractivity contribution in [1.82, 2.24) is 14.5 Å². The SMILES string of the molecule is CCOc1ccccc1CNc1nc2ccccc2n1CCN1CCOCC1. The molecule has 0 aliphatic carbocycles. The number of ether oxygens (including phenoxy) is 2. The number of hydrogen-bond acceptors (Lipinski definition) is 5. The molecule has 0 atom stereocenters. The van der Waals surface area contributed by atoms with E-state index in [4.69, 9.17) is 14.5 Å². The molecule has 0 bridgehead atoms. The van der Waals surface area contributed by atoms with Gasteiger partial charge in [0.2, 0.25) is 5.95 Å². The Labute approximate surface area is 166 Å². The number of hydrogen-bond donors (Lipinski definition) is 1. The molecule has 1 aliphatic rings. The zero-order valence-corrected chi connectivity index (χ0v) is 16.4. The second-order valence-corrected chi connectivity index (χ2v) is 6.92. The molecule has 0 radical (unpaired) electrons. The maximum absolute atomic E-state index is 5.76. The molecule has 2 heterocycles. The first-order valence-electron chi connectivity index (χ1n) is 10.0. The molecular weight excluding hydrogens is 352 g/mol. The minimum Gasteiger partial charge on any atom is -0.494 e. The van der Waals surface area contributed by atoms with E-state index in [1.165, 1.54) is 0 Å². The standard InChI is InChI=1S/C22H28N4O2/c1-2-28-21-10-6-3-7-18(21)17-23-22-24-19-8-4-5-9-20(19)26(22)12-11-25-13-15-27-16-14-25/h3-10H,2,11-17H2,1H3,(H,23,24). The van der Waals surface area contributed by atoms with Crippen LogP contribution in [0.3, 0.4) is 0 Å². The van der Waals surface area contributed by atoms with E-state index < -0.39 is 0 Å². The van der Waals surface area contributed by atoms with E-state index in [1.807, 2.05) is 31.2 Å². The van der Waals surface area contributed by atoms with Crippen LogP contribution in [-0.2, 0) is 17.8 Å². The summed E-state index contributed by atoms with van der Waals surface area (Å²) < 4.78 is 13.5. The summed E-state index contributed by atoms with van der Waals surface area (Å²) in [5.41, 5.74) is 3.32. The van der Waals surface area contributed by atoms with Gasteiger partial charge in [-0.25, -0.2) is 4.98 Å². The lowest BCUT2D eigenvalue weighted by Gasteiger charge is -2.27. The van der Waals surface area contributed by atoms with Gasteiger partial charge in [0.05, 0.1) is 30.9 Å². The fourth-order valence-corrected chi connectivity index (χ4v) is 3.62. The Morgan fingerprint density at radius 2 is 1.82 bits per heavy atom. The number of rotatable bonds is 8. The molecule has 4 rings (SSSR count). The summed E-state index contributed by atoms with van der Waals surface area (Å²) in [6.45, 7) is 8.88. The van der Waals surface area contributed by atoms with Crippen LogP contribution in [0, 0.1) is 0 Å². The van der Waals surface area contributed by atoms with Crippen LogP contribution in [0.15, 0.2) is 48.5 Å². The van der Waals surface area contributed by atoms with Crippen molar-refractivity contribution in [1.29, 1.82) is 0 Å². The van der Waals surface area contributed by atoms with E-state index in [0.717, 1.165) is 67.7 Å². The minimum absolute atomic E-state index is 0.662. The maximum atomic E-state index is 5.76. The lowest BCUT2D eigenvalue weighted by atomic mass is 10.2. The number of fused-ring (bicyclic) bond motifs is 1.